The standard InChI is InChI=1S/C18H23N3O5/c1-11(2)17(24)19-10-16(23)21-14-7-5-13(6-8-14)9-15(18(25)26-4)20-12(3)22/h5-8,15H,1,9-10H2,2-4H3,(H,19,24)(H,20,22)(H,21,23). The average molecular weight is 361 g/mol. The minimum atomic E-state index is -0.782. The van der Waals surface area contributed by atoms with E-state index in [4.69, 9.17) is 0 Å². The molecule has 0 radical (unpaired) electrons. The van der Waals surface area contributed by atoms with Crippen LogP contribution in [0.4, 0.5) is 5.69 Å². The Morgan fingerprint density at radius 2 is 1.73 bits per heavy atom. The highest BCUT2D eigenvalue weighted by atomic mass is 16.5. The lowest BCUT2D eigenvalue weighted by molar-refractivity contribution is -0.144. The molecule has 0 aliphatic heterocycles. The number of hydrogen-bond acceptors (Lipinski definition) is 5. The zero-order chi connectivity index (χ0) is 19.7. The summed E-state index contributed by atoms with van der Waals surface area (Å²) in [4.78, 5) is 46.0. The number of carbonyl (C=O) groups excluding carboxylic acids is 4. The highest BCUT2D eigenvalue weighted by Crippen LogP contribution is 2.12. The van der Waals surface area contributed by atoms with Gasteiger partial charge in [0.1, 0.15) is 6.04 Å². The van der Waals surface area contributed by atoms with Crippen LogP contribution >= 0.6 is 0 Å². The molecule has 1 rings (SSSR count). The topological polar surface area (TPSA) is 114 Å². The molecule has 0 bridgehead atoms. The van der Waals surface area contributed by atoms with Crippen LogP contribution in [0.5, 0.6) is 0 Å². The number of amides is 3. The Morgan fingerprint density at radius 1 is 1.12 bits per heavy atom. The fourth-order valence-corrected chi connectivity index (χ4v) is 2.06. The van der Waals surface area contributed by atoms with Crippen molar-refractivity contribution in [1.82, 2.24) is 10.6 Å². The fourth-order valence-electron chi connectivity index (χ4n) is 2.06. The molecule has 26 heavy (non-hydrogen) atoms. The lowest BCUT2D eigenvalue weighted by Crippen LogP contribution is -2.41. The Bertz CT molecular complexity index is 697. The summed E-state index contributed by atoms with van der Waals surface area (Å²) in [7, 11) is 1.25. The Hall–Kier alpha value is -3.16. The van der Waals surface area contributed by atoms with E-state index in [1.54, 1.807) is 31.2 Å². The molecule has 0 aliphatic carbocycles. The molecule has 3 N–H and O–H groups in total. The van der Waals surface area contributed by atoms with Crippen LogP contribution in [-0.4, -0.2) is 43.4 Å². The van der Waals surface area contributed by atoms with Gasteiger partial charge in [-0.2, -0.15) is 0 Å². The second kappa shape index (κ2) is 9.97. The molecule has 0 saturated heterocycles. The molecule has 0 aromatic heterocycles. The molecule has 8 heteroatoms. The molecule has 0 saturated carbocycles. The first kappa shape index (κ1) is 20.9. The zero-order valence-electron chi connectivity index (χ0n) is 15.0. The maximum Gasteiger partial charge on any atom is 0.328 e. The molecule has 1 aromatic rings. The van der Waals surface area contributed by atoms with Gasteiger partial charge in [-0.25, -0.2) is 4.79 Å². The highest BCUT2D eigenvalue weighted by molar-refractivity contribution is 5.98. The van der Waals surface area contributed by atoms with Crippen molar-refractivity contribution in [2.75, 3.05) is 19.0 Å². The van der Waals surface area contributed by atoms with Crippen LogP contribution in [0.3, 0.4) is 0 Å². The van der Waals surface area contributed by atoms with E-state index in [1.165, 1.54) is 14.0 Å². The van der Waals surface area contributed by atoms with E-state index in [1.807, 2.05) is 0 Å². The van der Waals surface area contributed by atoms with Gasteiger partial charge in [0.25, 0.3) is 0 Å². The minimum absolute atomic E-state index is 0.166. The van der Waals surface area contributed by atoms with Crippen LogP contribution in [0.15, 0.2) is 36.4 Å². The van der Waals surface area contributed by atoms with Crippen molar-refractivity contribution >= 4 is 29.4 Å². The number of esters is 1. The van der Waals surface area contributed by atoms with Gasteiger partial charge in [-0.15, -0.1) is 0 Å². The molecule has 0 aliphatic rings. The first-order valence-corrected chi connectivity index (χ1v) is 7.90. The number of methoxy groups -OCH3 is 1. The molecular formula is C18H23N3O5. The van der Waals surface area contributed by atoms with Crippen molar-refractivity contribution in [3.05, 3.63) is 42.0 Å². The van der Waals surface area contributed by atoms with Crippen LogP contribution in [0.25, 0.3) is 0 Å². The van der Waals surface area contributed by atoms with E-state index in [0.717, 1.165) is 5.56 Å². The molecular weight excluding hydrogens is 338 g/mol. The van der Waals surface area contributed by atoms with Crippen LogP contribution in [0.1, 0.15) is 19.4 Å². The zero-order valence-corrected chi connectivity index (χ0v) is 15.0. The van der Waals surface area contributed by atoms with Crippen LogP contribution in [-0.2, 0) is 30.3 Å². The number of benzene rings is 1. The van der Waals surface area contributed by atoms with Crippen LogP contribution < -0.4 is 16.0 Å². The Kier molecular flexibility index (Phi) is 8.01. The van der Waals surface area contributed by atoms with Crippen molar-refractivity contribution in [2.24, 2.45) is 0 Å². The second-order valence-electron chi connectivity index (χ2n) is 5.69. The smallest absolute Gasteiger partial charge is 0.328 e. The number of hydrogen-bond donors (Lipinski definition) is 3. The van der Waals surface area contributed by atoms with E-state index in [2.05, 4.69) is 27.3 Å². The predicted octanol–water partition coefficient (Wildman–Crippen LogP) is 0.538. The molecule has 1 aromatic carbocycles. The van der Waals surface area contributed by atoms with E-state index in [-0.39, 0.29) is 30.7 Å². The molecule has 0 fully saturated rings. The third-order valence-electron chi connectivity index (χ3n) is 3.34. The van der Waals surface area contributed by atoms with Gasteiger partial charge >= 0.3 is 5.97 Å². The van der Waals surface area contributed by atoms with Gasteiger partial charge in [-0.1, -0.05) is 18.7 Å². The first-order chi connectivity index (χ1) is 12.2. The summed E-state index contributed by atoms with van der Waals surface area (Å²) in [5, 5.41) is 7.60. The van der Waals surface area contributed by atoms with Gasteiger partial charge in [0.2, 0.25) is 17.7 Å². The molecule has 140 valence electrons. The van der Waals surface area contributed by atoms with Gasteiger partial charge in [0.15, 0.2) is 0 Å². The first-order valence-electron chi connectivity index (χ1n) is 7.90. The summed E-state index contributed by atoms with van der Waals surface area (Å²) < 4.78 is 4.67. The maximum absolute atomic E-state index is 11.8. The molecule has 1 unspecified atom stereocenters. The lowest BCUT2D eigenvalue weighted by atomic mass is 10.1. The van der Waals surface area contributed by atoms with Crippen molar-refractivity contribution in [3.8, 4) is 0 Å². The maximum atomic E-state index is 11.8. The van der Waals surface area contributed by atoms with E-state index in [9.17, 15) is 19.2 Å². The second-order valence-corrected chi connectivity index (χ2v) is 5.69. The predicted molar refractivity (Wildman–Crippen MR) is 96.2 cm³/mol. The lowest BCUT2D eigenvalue weighted by Gasteiger charge is -2.15. The van der Waals surface area contributed by atoms with E-state index < -0.39 is 12.0 Å². The summed E-state index contributed by atoms with van der Waals surface area (Å²) in [5.41, 5.74) is 1.64. The van der Waals surface area contributed by atoms with Crippen molar-refractivity contribution in [3.63, 3.8) is 0 Å². The third kappa shape index (κ3) is 7.16. The number of nitrogens with one attached hydrogen (secondary N) is 3. The van der Waals surface area contributed by atoms with Crippen molar-refractivity contribution < 1.29 is 23.9 Å². The van der Waals surface area contributed by atoms with Gasteiger partial charge < -0.3 is 20.7 Å². The highest BCUT2D eigenvalue weighted by Gasteiger charge is 2.20. The van der Waals surface area contributed by atoms with E-state index in [0.29, 0.717) is 11.3 Å². The Morgan fingerprint density at radius 3 is 2.23 bits per heavy atom. The number of ether oxygens (including phenoxy) is 1. The van der Waals surface area contributed by atoms with Gasteiger partial charge in [-0.05, 0) is 24.6 Å². The number of anilines is 1. The monoisotopic (exact) mass is 361 g/mol. The van der Waals surface area contributed by atoms with E-state index >= 15 is 0 Å². The van der Waals surface area contributed by atoms with Gasteiger partial charge in [0.05, 0.1) is 13.7 Å². The quantitative estimate of drug-likeness (QED) is 0.462. The largest absolute Gasteiger partial charge is 0.467 e. The number of carbonyl (C=O) groups is 4. The Labute approximate surface area is 152 Å². The average Bonchev–Trinajstić information content (AvgIpc) is 2.59. The summed E-state index contributed by atoms with van der Waals surface area (Å²) in [6, 6.07) is 5.99. The molecule has 1 atom stereocenters. The summed E-state index contributed by atoms with van der Waals surface area (Å²) in [6.07, 6.45) is 0.259. The van der Waals surface area contributed by atoms with Gasteiger partial charge in [0, 0.05) is 24.6 Å². The molecule has 0 heterocycles. The number of rotatable bonds is 8. The third-order valence-corrected chi connectivity index (χ3v) is 3.34. The van der Waals surface area contributed by atoms with Crippen LogP contribution in [0, 0.1) is 0 Å². The van der Waals surface area contributed by atoms with Gasteiger partial charge in [-0.3, -0.25) is 14.4 Å². The van der Waals surface area contributed by atoms with Crippen LogP contribution in [0.2, 0.25) is 0 Å². The van der Waals surface area contributed by atoms with Crippen molar-refractivity contribution in [1.29, 1.82) is 0 Å². The fraction of sp³-hybridized carbons (Fsp3) is 0.333. The van der Waals surface area contributed by atoms with Crippen molar-refractivity contribution in [2.45, 2.75) is 26.3 Å². The molecule has 8 nitrogen and oxygen atoms in total. The molecule has 3 amide bonds. The Balaban J connectivity index is 2.62. The summed E-state index contributed by atoms with van der Waals surface area (Å²) in [5.74, 6) is -1.63. The normalized spacial score (nSPS) is 11.0. The minimum Gasteiger partial charge on any atom is -0.467 e. The summed E-state index contributed by atoms with van der Waals surface area (Å²) in [6.45, 7) is 6.19. The molecule has 0 spiro atoms. The summed E-state index contributed by atoms with van der Waals surface area (Å²) >= 11 is 0. The SMILES string of the molecule is C=C(C)C(=O)NCC(=O)Nc1ccc(CC(NC(C)=O)C(=O)OC)cc1.